The summed E-state index contributed by atoms with van der Waals surface area (Å²) < 4.78 is 10.2. The molecule has 1 amide bonds. The monoisotopic (exact) mass is 223 g/mol. The second-order valence-corrected chi connectivity index (χ2v) is 3.50. The highest BCUT2D eigenvalue weighted by molar-refractivity contribution is 5.75. The first-order valence-electron chi connectivity index (χ1n) is 5.10. The normalized spacial score (nSPS) is 11.9. The lowest BCUT2D eigenvalue weighted by molar-refractivity contribution is -0.107. The van der Waals surface area contributed by atoms with Crippen molar-refractivity contribution in [1.82, 2.24) is 0 Å². The summed E-state index contributed by atoms with van der Waals surface area (Å²) in [5, 5.41) is 0. The quantitative estimate of drug-likeness (QED) is 0.689. The Morgan fingerprint density at radius 2 is 1.94 bits per heavy atom. The number of hydrogen-bond donors (Lipinski definition) is 0. The fourth-order valence-corrected chi connectivity index (χ4v) is 1.33. The van der Waals surface area contributed by atoms with Crippen LogP contribution in [0, 0.1) is 0 Å². The van der Waals surface area contributed by atoms with Crippen LogP contribution in [-0.4, -0.2) is 33.3 Å². The number of anilines is 1. The van der Waals surface area contributed by atoms with E-state index in [0.717, 1.165) is 17.8 Å². The zero-order valence-electron chi connectivity index (χ0n) is 9.84. The molecule has 88 valence electrons. The van der Waals surface area contributed by atoms with Gasteiger partial charge in [0.05, 0.1) is 19.8 Å². The van der Waals surface area contributed by atoms with E-state index in [1.54, 1.807) is 19.1 Å². The smallest absolute Gasteiger partial charge is 0.214 e. The van der Waals surface area contributed by atoms with Crippen molar-refractivity contribution in [1.29, 1.82) is 0 Å². The van der Waals surface area contributed by atoms with E-state index in [-0.39, 0.29) is 6.10 Å². The van der Waals surface area contributed by atoms with E-state index in [9.17, 15) is 4.79 Å². The molecule has 0 fully saturated rings. The predicted octanol–water partition coefficient (Wildman–Crippen LogP) is 1.69. The molecule has 0 saturated heterocycles. The highest BCUT2D eigenvalue weighted by Crippen LogP contribution is 2.18. The highest BCUT2D eigenvalue weighted by Gasteiger charge is 2.09. The number of carbonyl (C=O) groups is 1. The molecule has 16 heavy (non-hydrogen) atoms. The molecule has 1 unspecified atom stereocenters. The van der Waals surface area contributed by atoms with E-state index in [2.05, 4.69) is 0 Å². The van der Waals surface area contributed by atoms with Crippen molar-refractivity contribution in [2.24, 2.45) is 0 Å². The van der Waals surface area contributed by atoms with Crippen molar-refractivity contribution < 1.29 is 14.3 Å². The van der Waals surface area contributed by atoms with Crippen LogP contribution in [0.5, 0.6) is 5.75 Å². The Morgan fingerprint density at radius 1 is 1.31 bits per heavy atom. The average molecular weight is 223 g/mol. The largest absolute Gasteiger partial charge is 0.497 e. The van der Waals surface area contributed by atoms with Gasteiger partial charge in [-0.2, -0.15) is 0 Å². The van der Waals surface area contributed by atoms with Gasteiger partial charge in [0.15, 0.2) is 0 Å². The van der Waals surface area contributed by atoms with Gasteiger partial charge in [0.2, 0.25) is 6.41 Å². The van der Waals surface area contributed by atoms with Crippen LogP contribution in [-0.2, 0) is 9.53 Å². The lowest BCUT2D eigenvalue weighted by Crippen LogP contribution is -2.30. The molecular weight excluding hydrogens is 206 g/mol. The number of ether oxygens (including phenoxy) is 2. The van der Waals surface area contributed by atoms with E-state index in [1.807, 2.05) is 31.2 Å². The second-order valence-electron chi connectivity index (χ2n) is 3.50. The van der Waals surface area contributed by atoms with E-state index < -0.39 is 0 Å². The van der Waals surface area contributed by atoms with Crippen LogP contribution < -0.4 is 9.64 Å². The van der Waals surface area contributed by atoms with Gasteiger partial charge >= 0.3 is 0 Å². The fourth-order valence-electron chi connectivity index (χ4n) is 1.33. The maximum absolute atomic E-state index is 11.0. The number of benzene rings is 1. The molecule has 0 spiro atoms. The van der Waals surface area contributed by atoms with Gasteiger partial charge in [-0.15, -0.1) is 0 Å². The molecule has 1 aromatic rings. The Kier molecular flexibility index (Phi) is 4.79. The van der Waals surface area contributed by atoms with Gasteiger partial charge in [-0.05, 0) is 31.2 Å². The van der Waals surface area contributed by atoms with Gasteiger partial charge in [-0.3, -0.25) is 4.79 Å². The number of nitrogens with zero attached hydrogens (tertiary/aromatic N) is 1. The van der Waals surface area contributed by atoms with Crippen molar-refractivity contribution in [2.45, 2.75) is 13.0 Å². The minimum absolute atomic E-state index is 0.00676. The minimum atomic E-state index is 0.00676. The van der Waals surface area contributed by atoms with Crippen molar-refractivity contribution >= 4 is 12.1 Å². The minimum Gasteiger partial charge on any atom is -0.497 e. The lowest BCUT2D eigenvalue weighted by atomic mass is 10.2. The summed E-state index contributed by atoms with van der Waals surface area (Å²) in [4.78, 5) is 12.6. The van der Waals surface area contributed by atoms with E-state index >= 15 is 0 Å². The molecule has 1 rings (SSSR count). The number of hydrogen-bond acceptors (Lipinski definition) is 3. The third-order valence-corrected chi connectivity index (χ3v) is 2.39. The summed E-state index contributed by atoms with van der Waals surface area (Å²) in [6.45, 7) is 2.45. The van der Waals surface area contributed by atoms with Gasteiger partial charge in [0.1, 0.15) is 5.75 Å². The molecule has 1 atom stereocenters. The molecule has 4 heteroatoms. The predicted molar refractivity (Wildman–Crippen MR) is 62.9 cm³/mol. The Morgan fingerprint density at radius 3 is 2.38 bits per heavy atom. The summed E-state index contributed by atoms with van der Waals surface area (Å²) >= 11 is 0. The van der Waals surface area contributed by atoms with Crippen LogP contribution in [0.1, 0.15) is 6.92 Å². The molecule has 0 heterocycles. The molecule has 0 aliphatic heterocycles. The maximum Gasteiger partial charge on any atom is 0.214 e. The molecule has 0 bridgehead atoms. The SMILES string of the molecule is COc1ccc(N(C=O)CC(C)OC)cc1. The Bertz CT molecular complexity index is 324. The molecule has 4 nitrogen and oxygen atoms in total. The van der Waals surface area contributed by atoms with Gasteiger partial charge in [0, 0.05) is 12.8 Å². The zero-order chi connectivity index (χ0) is 12.0. The van der Waals surface area contributed by atoms with Crippen molar-refractivity contribution in [3.05, 3.63) is 24.3 Å². The first-order chi connectivity index (χ1) is 7.71. The molecular formula is C12H17NO3. The second kappa shape index (κ2) is 6.12. The van der Waals surface area contributed by atoms with E-state index in [4.69, 9.17) is 9.47 Å². The maximum atomic E-state index is 11.0. The highest BCUT2D eigenvalue weighted by atomic mass is 16.5. The summed E-state index contributed by atoms with van der Waals surface area (Å²) in [6, 6.07) is 7.33. The van der Waals surface area contributed by atoms with Crippen LogP contribution in [0.3, 0.4) is 0 Å². The average Bonchev–Trinajstić information content (AvgIpc) is 2.35. The van der Waals surface area contributed by atoms with E-state index in [1.165, 1.54) is 0 Å². The number of amides is 1. The molecule has 0 saturated carbocycles. The van der Waals surface area contributed by atoms with Crippen molar-refractivity contribution in [3.63, 3.8) is 0 Å². The first-order valence-corrected chi connectivity index (χ1v) is 5.10. The Balaban J connectivity index is 2.74. The molecule has 1 aromatic carbocycles. The standard InChI is InChI=1S/C12H17NO3/c1-10(15-2)8-13(9-14)11-4-6-12(16-3)7-5-11/h4-7,9-10H,8H2,1-3H3. The summed E-state index contributed by atoms with van der Waals surface area (Å²) in [7, 11) is 3.24. The molecule has 0 aromatic heterocycles. The molecule has 0 radical (unpaired) electrons. The lowest BCUT2D eigenvalue weighted by Gasteiger charge is -2.21. The summed E-state index contributed by atoms with van der Waals surface area (Å²) in [6.07, 6.45) is 0.810. The first kappa shape index (κ1) is 12.5. The van der Waals surface area contributed by atoms with Gasteiger partial charge in [0.25, 0.3) is 0 Å². The Hall–Kier alpha value is -1.55. The summed E-state index contributed by atoms with van der Waals surface area (Å²) in [5.41, 5.74) is 0.833. The van der Waals surface area contributed by atoms with Crippen LogP contribution in [0.25, 0.3) is 0 Å². The van der Waals surface area contributed by atoms with Crippen LogP contribution in [0.2, 0.25) is 0 Å². The van der Waals surface area contributed by atoms with Crippen LogP contribution in [0.4, 0.5) is 5.69 Å². The van der Waals surface area contributed by atoms with Crippen LogP contribution >= 0.6 is 0 Å². The van der Waals surface area contributed by atoms with Gasteiger partial charge in [-0.1, -0.05) is 0 Å². The third-order valence-electron chi connectivity index (χ3n) is 2.39. The van der Waals surface area contributed by atoms with Crippen LogP contribution in [0.15, 0.2) is 24.3 Å². The van der Waals surface area contributed by atoms with E-state index in [0.29, 0.717) is 6.54 Å². The van der Waals surface area contributed by atoms with Gasteiger partial charge in [-0.25, -0.2) is 0 Å². The molecule has 0 aliphatic rings. The number of carbonyl (C=O) groups excluding carboxylic acids is 1. The third kappa shape index (κ3) is 3.24. The van der Waals surface area contributed by atoms with Gasteiger partial charge < -0.3 is 14.4 Å². The fraction of sp³-hybridized carbons (Fsp3) is 0.417. The topological polar surface area (TPSA) is 38.8 Å². The number of methoxy groups -OCH3 is 2. The van der Waals surface area contributed by atoms with Crippen molar-refractivity contribution in [2.75, 3.05) is 25.7 Å². The molecule has 0 aliphatic carbocycles. The Labute approximate surface area is 95.8 Å². The van der Waals surface area contributed by atoms with Crippen molar-refractivity contribution in [3.8, 4) is 5.75 Å². The summed E-state index contributed by atoms with van der Waals surface area (Å²) in [5.74, 6) is 0.773. The zero-order valence-corrected chi connectivity index (χ0v) is 9.84. The number of rotatable bonds is 6. The molecule has 0 N–H and O–H groups in total.